The number of amides is 1. The predicted molar refractivity (Wildman–Crippen MR) is 109 cm³/mol. The van der Waals surface area contributed by atoms with E-state index >= 15 is 0 Å². The average molecular weight is 399 g/mol. The summed E-state index contributed by atoms with van der Waals surface area (Å²) >= 11 is 0. The maximum Gasteiger partial charge on any atom is 0.254 e. The Morgan fingerprint density at radius 3 is 2.61 bits per heavy atom. The second kappa shape index (κ2) is 7.33. The van der Waals surface area contributed by atoms with Crippen LogP contribution in [0.4, 0.5) is 0 Å². The molecule has 0 saturated heterocycles. The molecule has 1 unspecified atom stereocenters. The first-order valence-electron chi connectivity index (χ1n) is 9.85. The van der Waals surface area contributed by atoms with Crippen molar-refractivity contribution in [2.45, 2.75) is 56.0 Å². The monoisotopic (exact) mass is 398 g/mol. The molecule has 1 N–H and O–H groups in total. The van der Waals surface area contributed by atoms with E-state index in [1.807, 2.05) is 26.1 Å². The van der Waals surface area contributed by atoms with Crippen LogP contribution in [-0.4, -0.2) is 32.3 Å². The fourth-order valence-electron chi connectivity index (χ4n) is 3.95. The fraction of sp³-hybridized carbons (Fsp3) is 0.409. The molecule has 2 aromatic rings. The summed E-state index contributed by atoms with van der Waals surface area (Å²) in [6.45, 7) is 1.85. The molecule has 0 spiro atoms. The Hall–Kier alpha value is -2.18. The highest BCUT2D eigenvalue weighted by Crippen LogP contribution is 2.34. The van der Waals surface area contributed by atoms with Gasteiger partial charge >= 0.3 is 0 Å². The van der Waals surface area contributed by atoms with Crippen LogP contribution in [0.2, 0.25) is 0 Å². The number of rotatable bonds is 5. The number of nitrogens with one attached hydrogen (secondary N) is 1. The van der Waals surface area contributed by atoms with Crippen molar-refractivity contribution >= 4 is 15.9 Å². The molecule has 0 radical (unpaired) electrons. The number of carbonyl (C=O) groups is 1. The number of aryl methyl sites for hydroxylation is 2. The van der Waals surface area contributed by atoms with Gasteiger partial charge in [-0.25, -0.2) is 13.1 Å². The standard InChI is InChI=1S/C22H26N2O3S/c1-15-10-13-18(28(26,27)23-17-11-12-17)14-20(15)22(25)24(2)21-9-5-7-16-6-3-4-8-19(16)21/h3-4,6,8,10,13-14,17,21,23H,5,7,9,11-12H2,1-2H3. The van der Waals surface area contributed by atoms with Crippen molar-refractivity contribution in [2.75, 3.05) is 7.05 Å². The van der Waals surface area contributed by atoms with Crippen molar-refractivity contribution in [2.24, 2.45) is 0 Å². The summed E-state index contributed by atoms with van der Waals surface area (Å²) in [6, 6.07) is 13.1. The molecule has 2 aliphatic carbocycles. The number of hydrogen-bond donors (Lipinski definition) is 1. The zero-order chi connectivity index (χ0) is 19.9. The number of fused-ring (bicyclic) bond motifs is 1. The van der Waals surface area contributed by atoms with Gasteiger partial charge < -0.3 is 4.90 Å². The van der Waals surface area contributed by atoms with Crippen LogP contribution in [0.1, 0.15) is 58.8 Å². The molecule has 1 fully saturated rings. The summed E-state index contributed by atoms with van der Waals surface area (Å²) in [5.74, 6) is -0.136. The number of benzene rings is 2. The summed E-state index contributed by atoms with van der Waals surface area (Å²) in [5.41, 5.74) is 3.72. The molecule has 0 aliphatic heterocycles. The highest BCUT2D eigenvalue weighted by Gasteiger charge is 2.30. The molecule has 1 amide bonds. The lowest BCUT2D eigenvalue weighted by Gasteiger charge is -2.33. The maximum absolute atomic E-state index is 13.3. The van der Waals surface area contributed by atoms with Gasteiger partial charge in [-0.1, -0.05) is 30.3 Å². The van der Waals surface area contributed by atoms with E-state index in [0.717, 1.165) is 37.7 Å². The first-order chi connectivity index (χ1) is 13.4. The van der Waals surface area contributed by atoms with Gasteiger partial charge in [0.1, 0.15) is 0 Å². The van der Waals surface area contributed by atoms with Crippen LogP contribution in [0.5, 0.6) is 0 Å². The van der Waals surface area contributed by atoms with E-state index < -0.39 is 10.0 Å². The molecule has 28 heavy (non-hydrogen) atoms. The van der Waals surface area contributed by atoms with Crippen molar-refractivity contribution in [1.82, 2.24) is 9.62 Å². The van der Waals surface area contributed by atoms with Gasteiger partial charge in [-0.2, -0.15) is 0 Å². The lowest BCUT2D eigenvalue weighted by Crippen LogP contribution is -2.34. The summed E-state index contributed by atoms with van der Waals surface area (Å²) < 4.78 is 27.8. The summed E-state index contributed by atoms with van der Waals surface area (Å²) in [5, 5.41) is 0. The van der Waals surface area contributed by atoms with Crippen LogP contribution in [0.3, 0.4) is 0 Å². The Morgan fingerprint density at radius 1 is 1.11 bits per heavy atom. The molecular weight excluding hydrogens is 372 g/mol. The van der Waals surface area contributed by atoms with E-state index in [1.165, 1.54) is 17.2 Å². The maximum atomic E-state index is 13.3. The number of sulfonamides is 1. The molecule has 0 bridgehead atoms. The van der Waals surface area contributed by atoms with Crippen LogP contribution in [0.25, 0.3) is 0 Å². The zero-order valence-electron chi connectivity index (χ0n) is 16.3. The van der Waals surface area contributed by atoms with Crippen LogP contribution in [0.15, 0.2) is 47.4 Å². The van der Waals surface area contributed by atoms with Crippen LogP contribution in [0, 0.1) is 6.92 Å². The SMILES string of the molecule is Cc1ccc(S(=O)(=O)NC2CC2)cc1C(=O)N(C)C1CCCc2ccccc21. The van der Waals surface area contributed by atoms with Gasteiger partial charge in [-0.05, 0) is 67.9 Å². The third-order valence-corrected chi connectivity index (χ3v) is 7.29. The van der Waals surface area contributed by atoms with Gasteiger partial charge in [0, 0.05) is 18.7 Å². The molecule has 1 atom stereocenters. The first-order valence-corrected chi connectivity index (χ1v) is 11.3. The Bertz CT molecular complexity index is 1010. The van der Waals surface area contributed by atoms with Gasteiger partial charge in [-0.3, -0.25) is 4.79 Å². The fourth-order valence-corrected chi connectivity index (χ4v) is 5.28. The molecular formula is C22H26N2O3S. The van der Waals surface area contributed by atoms with Gasteiger partial charge in [0.15, 0.2) is 0 Å². The van der Waals surface area contributed by atoms with Gasteiger partial charge in [0.05, 0.1) is 10.9 Å². The van der Waals surface area contributed by atoms with Gasteiger partial charge in [0.25, 0.3) is 5.91 Å². The van der Waals surface area contributed by atoms with Crippen molar-refractivity contribution in [3.8, 4) is 0 Å². The smallest absolute Gasteiger partial charge is 0.254 e. The highest BCUT2D eigenvalue weighted by molar-refractivity contribution is 7.89. The Kier molecular flexibility index (Phi) is 5.02. The molecule has 2 aliphatic rings. The lowest BCUT2D eigenvalue weighted by molar-refractivity contribution is 0.0714. The van der Waals surface area contributed by atoms with Gasteiger partial charge in [-0.15, -0.1) is 0 Å². The molecule has 0 aromatic heterocycles. The molecule has 148 valence electrons. The molecule has 5 nitrogen and oxygen atoms in total. The predicted octanol–water partition coefficient (Wildman–Crippen LogP) is 3.59. The lowest BCUT2D eigenvalue weighted by atomic mass is 9.86. The van der Waals surface area contributed by atoms with Crippen molar-refractivity contribution < 1.29 is 13.2 Å². The number of nitrogens with zero attached hydrogens (tertiary/aromatic N) is 1. The van der Waals surface area contributed by atoms with Crippen molar-refractivity contribution in [3.05, 3.63) is 64.7 Å². The van der Waals surface area contributed by atoms with E-state index in [1.54, 1.807) is 17.0 Å². The Balaban J connectivity index is 1.64. The van der Waals surface area contributed by atoms with Crippen LogP contribution < -0.4 is 4.72 Å². The number of carbonyl (C=O) groups excluding carboxylic acids is 1. The summed E-state index contributed by atoms with van der Waals surface area (Å²) in [7, 11) is -1.77. The largest absolute Gasteiger partial charge is 0.335 e. The first kappa shape index (κ1) is 19.2. The van der Waals surface area contributed by atoms with Crippen molar-refractivity contribution in [3.63, 3.8) is 0 Å². The zero-order valence-corrected chi connectivity index (χ0v) is 17.1. The minimum atomic E-state index is -3.59. The quantitative estimate of drug-likeness (QED) is 0.837. The normalized spacial score (nSPS) is 19.1. The molecule has 0 heterocycles. The molecule has 1 saturated carbocycles. The number of hydrogen-bond acceptors (Lipinski definition) is 3. The minimum Gasteiger partial charge on any atom is -0.335 e. The summed E-state index contributed by atoms with van der Waals surface area (Å²) in [4.78, 5) is 15.2. The minimum absolute atomic E-state index is 0.0155. The van der Waals surface area contributed by atoms with E-state index in [0.29, 0.717) is 5.56 Å². The van der Waals surface area contributed by atoms with E-state index in [2.05, 4.69) is 16.9 Å². The molecule has 4 rings (SSSR count). The Labute approximate surface area is 166 Å². The molecule has 2 aromatic carbocycles. The van der Waals surface area contributed by atoms with E-state index in [4.69, 9.17) is 0 Å². The second-order valence-corrected chi connectivity index (χ2v) is 9.61. The highest BCUT2D eigenvalue weighted by atomic mass is 32.2. The van der Waals surface area contributed by atoms with Crippen molar-refractivity contribution in [1.29, 1.82) is 0 Å². The van der Waals surface area contributed by atoms with E-state index in [-0.39, 0.29) is 22.9 Å². The third kappa shape index (κ3) is 3.71. The summed E-state index contributed by atoms with van der Waals surface area (Å²) in [6.07, 6.45) is 4.74. The Morgan fingerprint density at radius 2 is 1.86 bits per heavy atom. The van der Waals surface area contributed by atoms with Crippen LogP contribution >= 0.6 is 0 Å². The average Bonchev–Trinajstić information content (AvgIpc) is 3.50. The third-order valence-electron chi connectivity index (χ3n) is 5.77. The molecule has 6 heteroatoms. The second-order valence-electron chi connectivity index (χ2n) is 7.90. The van der Waals surface area contributed by atoms with Gasteiger partial charge in [0.2, 0.25) is 10.0 Å². The topological polar surface area (TPSA) is 66.5 Å². The van der Waals surface area contributed by atoms with E-state index in [9.17, 15) is 13.2 Å². The van der Waals surface area contributed by atoms with Crippen LogP contribution in [-0.2, 0) is 16.4 Å².